The van der Waals surface area contributed by atoms with Crippen molar-refractivity contribution < 1.29 is 18.3 Å². The summed E-state index contributed by atoms with van der Waals surface area (Å²) < 4.78 is 32.3. The number of nitrogens with one attached hydrogen (secondary N) is 1. The number of hydrogen-bond donors (Lipinski definition) is 1. The van der Waals surface area contributed by atoms with E-state index >= 15 is 0 Å². The van der Waals surface area contributed by atoms with Gasteiger partial charge in [-0.15, -0.1) is 0 Å². The zero-order chi connectivity index (χ0) is 14.7. The lowest BCUT2D eigenvalue weighted by atomic mass is 10.1. The third kappa shape index (κ3) is 3.54. The molecule has 1 aliphatic heterocycles. The largest absolute Gasteiger partial charge is 0.378 e. The molecule has 1 amide bonds. The molecule has 2 unspecified atom stereocenters. The number of aryl methyl sites for hydroxylation is 1. The van der Waals surface area contributed by atoms with Gasteiger partial charge in [0.25, 0.3) is 5.91 Å². The third-order valence-electron chi connectivity index (χ3n) is 3.51. The zero-order valence-electron chi connectivity index (χ0n) is 11.7. The van der Waals surface area contributed by atoms with E-state index in [2.05, 4.69) is 5.32 Å². The summed E-state index contributed by atoms with van der Waals surface area (Å²) in [6.07, 6.45) is 2.89. The van der Waals surface area contributed by atoms with Gasteiger partial charge < -0.3 is 10.1 Å². The lowest BCUT2D eigenvalue weighted by Crippen LogP contribution is -2.35. The van der Waals surface area contributed by atoms with Crippen LogP contribution >= 0.6 is 0 Å². The number of amides is 1. The van der Waals surface area contributed by atoms with E-state index in [9.17, 15) is 13.6 Å². The molecule has 2 atom stereocenters. The molecule has 1 aliphatic rings. The monoisotopic (exact) mass is 283 g/mol. The van der Waals surface area contributed by atoms with E-state index in [0.717, 1.165) is 25.5 Å². The van der Waals surface area contributed by atoms with Gasteiger partial charge in [-0.2, -0.15) is 0 Å². The molecular weight excluding hydrogens is 264 g/mol. The van der Waals surface area contributed by atoms with Crippen molar-refractivity contribution in [3.8, 4) is 0 Å². The van der Waals surface area contributed by atoms with E-state index in [4.69, 9.17) is 4.74 Å². The quantitative estimate of drug-likeness (QED) is 0.922. The summed E-state index contributed by atoms with van der Waals surface area (Å²) in [5, 5.41) is 2.73. The van der Waals surface area contributed by atoms with E-state index in [1.54, 1.807) is 0 Å². The van der Waals surface area contributed by atoms with E-state index in [1.807, 2.05) is 6.92 Å². The molecule has 0 bridgehead atoms. The predicted octanol–water partition coefficient (Wildman–Crippen LogP) is 2.96. The van der Waals surface area contributed by atoms with Crippen molar-refractivity contribution in [2.75, 3.05) is 6.61 Å². The molecule has 1 aromatic rings. The van der Waals surface area contributed by atoms with Gasteiger partial charge in [-0.25, -0.2) is 8.78 Å². The van der Waals surface area contributed by atoms with Crippen molar-refractivity contribution in [3.63, 3.8) is 0 Å². The van der Waals surface area contributed by atoms with Crippen LogP contribution in [0.3, 0.4) is 0 Å². The summed E-state index contributed by atoms with van der Waals surface area (Å²) in [6.45, 7) is 4.12. The normalized spacial score (nSPS) is 19.9. The Morgan fingerprint density at radius 3 is 2.85 bits per heavy atom. The maximum absolute atomic E-state index is 13.6. The van der Waals surface area contributed by atoms with Crippen LogP contribution < -0.4 is 5.32 Å². The van der Waals surface area contributed by atoms with Crippen molar-refractivity contribution in [3.05, 3.63) is 34.9 Å². The molecule has 1 heterocycles. The standard InChI is InChI=1S/C15H19F2NO2/c1-9-6-12(14(17)8-13(9)16)15(19)18-10(2)7-11-4-3-5-20-11/h6,8,10-11H,3-5,7H2,1-2H3,(H,18,19). The Balaban J connectivity index is 1.98. The molecule has 0 aliphatic carbocycles. The molecule has 0 aromatic heterocycles. The molecule has 5 heteroatoms. The van der Waals surface area contributed by atoms with E-state index in [1.165, 1.54) is 13.0 Å². The summed E-state index contributed by atoms with van der Waals surface area (Å²) in [4.78, 5) is 12.0. The van der Waals surface area contributed by atoms with Gasteiger partial charge >= 0.3 is 0 Å². The van der Waals surface area contributed by atoms with E-state index < -0.39 is 17.5 Å². The van der Waals surface area contributed by atoms with Gasteiger partial charge in [0.2, 0.25) is 0 Å². The lowest BCUT2D eigenvalue weighted by molar-refractivity contribution is 0.0847. The SMILES string of the molecule is Cc1cc(C(=O)NC(C)CC2CCCO2)c(F)cc1F. The highest BCUT2D eigenvalue weighted by Gasteiger charge is 2.21. The summed E-state index contributed by atoms with van der Waals surface area (Å²) >= 11 is 0. The summed E-state index contributed by atoms with van der Waals surface area (Å²) in [7, 11) is 0. The zero-order valence-corrected chi connectivity index (χ0v) is 11.7. The Hall–Kier alpha value is -1.49. The summed E-state index contributed by atoms with van der Waals surface area (Å²) in [5.74, 6) is -2.00. The van der Waals surface area contributed by atoms with Crippen LogP contribution in [0.5, 0.6) is 0 Å². The van der Waals surface area contributed by atoms with Crippen LogP contribution in [0, 0.1) is 18.6 Å². The minimum atomic E-state index is -0.838. The molecule has 1 fully saturated rings. The number of rotatable bonds is 4. The Morgan fingerprint density at radius 1 is 1.45 bits per heavy atom. The average molecular weight is 283 g/mol. The van der Waals surface area contributed by atoms with Gasteiger partial charge in [0, 0.05) is 18.7 Å². The second-order valence-corrected chi connectivity index (χ2v) is 5.33. The average Bonchev–Trinajstić information content (AvgIpc) is 2.86. The number of hydrogen-bond acceptors (Lipinski definition) is 2. The molecule has 0 radical (unpaired) electrons. The molecule has 1 aromatic carbocycles. The van der Waals surface area contributed by atoms with Gasteiger partial charge in [0.05, 0.1) is 11.7 Å². The molecule has 1 saturated heterocycles. The molecule has 1 N–H and O–H groups in total. The van der Waals surface area contributed by atoms with Gasteiger partial charge in [0.1, 0.15) is 11.6 Å². The molecule has 2 rings (SSSR count). The van der Waals surface area contributed by atoms with Gasteiger partial charge in [-0.05, 0) is 44.7 Å². The van der Waals surface area contributed by atoms with Crippen molar-refractivity contribution >= 4 is 5.91 Å². The first-order chi connectivity index (χ1) is 9.47. The Morgan fingerprint density at radius 2 is 2.20 bits per heavy atom. The van der Waals surface area contributed by atoms with E-state index in [0.29, 0.717) is 6.42 Å². The second-order valence-electron chi connectivity index (χ2n) is 5.33. The molecule has 3 nitrogen and oxygen atoms in total. The highest BCUT2D eigenvalue weighted by molar-refractivity contribution is 5.94. The fourth-order valence-corrected chi connectivity index (χ4v) is 2.42. The van der Waals surface area contributed by atoms with Crippen LogP contribution in [-0.2, 0) is 4.74 Å². The first kappa shape index (κ1) is 14.9. The number of carbonyl (C=O) groups is 1. The maximum Gasteiger partial charge on any atom is 0.254 e. The number of ether oxygens (including phenoxy) is 1. The molecular formula is C15H19F2NO2. The Labute approximate surface area is 117 Å². The van der Waals surface area contributed by atoms with Crippen molar-refractivity contribution in [2.45, 2.75) is 45.3 Å². The highest BCUT2D eigenvalue weighted by atomic mass is 19.1. The molecule has 0 saturated carbocycles. The van der Waals surface area contributed by atoms with Crippen LogP contribution in [0.2, 0.25) is 0 Å². The van der Waals surface area contributed by atoms with Gasteiger partial charge in [-0.3, -0.25) is 4.79 Å². The van der Waals surface area contributed by atoms with Crippen LogP contribution in [0.25, 0.3) is 0 Å². The fraction of sp³-hybridized carbons (Fsp3) is 0.533. The first-order valence-corrected chi connectivity index (χ1v) is 6.85. The predicted molar refractivity (Wildman–Crippen MR) is 71.6 cm³/mol. The molecule has 20 heavy (non-hydrogen) atoms. The molecule has 0 spiro atoms. The maximum atomic E-state index is 13.6. The minimum Gasteiger partial charge on any atom is -0.378 e. The van der Waals surface area contributed by atoms with E-state index in [-0.39, 0.29) is 23.3 Å². The Kier molecular flexibility index (Phi) is 4.70. The van der Waals surface area contributed by atoms with Gasteiger partial charge in [0.15, 0.2) is 0 Å². The van der Waals surface area contributed by atoms with Crippen LogP contribution in [0.1, 0.15) is 42.1 Å². The smallest absolute Gasteiger partial charge is 0.254 e. The number of halogens is 2. The van der Waals surface area contributed by atoms with Crippen LogP contribution in [-0.4, -0.2) is 24.7 Å². The summed E-state index contributed by atoms with van der Waals surface area (Å²) in [5.41, 5.74) is 0.131. The fourth-order valence-electron chi connectivity index (χ4n) is 2.42. The highest BCUT2D eigenvalue weighted by Crippen LogP contribution is 2.18. The lowest BCUT2D eigenvalue weighted by Gasteiger charge is -2.18. The van der Waals surface area contributed by atoms with Crippen molar-refractivity contribution in [1.82, 2.24) is 5.32 Å². The summed E-state index contributed by atoms with van der Waals surface area (Å²) in [6, 6.07) is 1.86. The van der Waals surface area contributed by atoms with Crippen LogP contribution in [0.4, 0.5) is 8.78 Å². The first-order valence-electron chi connectivity index (χ1n) is 6.85. The number of carbonyl (C=O) groups excluding carboxylic acids is 1. The van der Waals surface area contributed by atoms with Gasteiger partial charge in [-0.1, -0.05) is 0 Å². The topological polar surface area (TPSA) is 38.3 Å². The van der Waals surface area contributed by atoms with Crippen molar-refractivity contribution in [2.24, 2.45) is 0 Å². The van der Waals surface area contributed by atoms with Crippen LogP contribution in [0.15, 0.2) is 12.1 Å². The minimum absolute atomic E-state index is 0.115. The van der Waals surface area contributed by atoms with Crippen molar-refractivity contribution in [1.29, 1.82) is 0 Å². The second kappa shape index (κ2) is 6.31. The Bertz CT molecular complexity index is 499. The number of benzene rings is 1. The molecule has 110 valence electrons. The third-order valence-corrected chi connectivity index (χ3v) is 3.51.